The Morgan fingerprint density at radius 2 is 2.14 bits per heavy atom. The van der Waals surface area contributed by atoms with Crippen molar-refractivity contribution in [2.24, 2.45) is 5.73 Å². The van der Waals surface area contributed by atoms with Gasteiger partial charge >= 0.3 is 0 Å². The summed E-state index contributed by atoms with van der Waals surface area (Å²) >= 11 is 1.57. The molecule has 1 aromatic carbocycles. The van der Waals surface area contributed by atoms with Crippen LogP contribution >= 0.6 is 11.3 Å². The Labute approximate surface area is 133 Å². The molecule has 1 heterocycles. The molecule has 0 unspecified atom stereocenters. The van der Waals surface area contributed by atoms with Gasteiger partial charge < -0.3 is 15.8 Å². The number of rotatable bonds is 7. The van der Waals surface area contributed by atoms with E-state index in [1.165, 1.54) is 0 Å². The Hall–Kier alpha value is -2.34. The molecule has 6 heteroatoms. The van der Waals surface area contributed by atoms with Crippen LogP contribution in [0.3, 0.4) is 0 Å². The van der Waals surface area contributed by atoms with Crippen LogP contribution in [0.2, 0.25) is 0 Å². The van der Waals surface area contributed by atoms with Crippen LogP contribution in [0.25, 0.3) is 0 Å². The summed E-state index contributed by atoms with van der Waals surface area (Å²) in [4.78, 5) is 23.9. The third-order valence-electron chi connectivity index (χ3n) is 3.11. The second kappa shape index (κ2) is 7.61. The molecule has 1 atom stereocenters. The molecular formula is C16H18N2O3S. The molecule has 0 aliphatic rings. The molecule has 5 nitrogen and oxygen atoms in total. The number of ether oxygens (including phenoxy) is 1. The van der Waals surface area contributed by atoms with Crippen molar-refractivity contribution >= 4 is 23.2 Å². The number of primary amides is 1. The molecule has 3 N–H and O–H groups in total. The van der Waals surface area contributed by atoms with Crippen LogP contribution in [-0.2, 0) is 16.1 Å². The van der Waals surface area contributed by atoms with Crippen LogP contribution in [0.4, 0.5) is 0 Å². The second-order valence-corrected chi connectivity index (χ2v) is 5.84. The van der Waals surface area contributed by atoms with Gasteiger partial charge in [0.1, 0.15) is 5.75 Å². The summed E-state index contributed by atoms with van der Waals surface area (Å²) in [6.45, 7) is 2.13. The van der Waals surface area contributed by atoms with Crippen molar-refractivity contribution in [3.8, 4) is 5.75 Å². The molecule has 22 heavy (non-hydrogen) atoms. The van der Waals surface area contributed by atoms with Crippen molar-refractivity contribution in [1.29, 1.82) is 0 Å². The van der Waals surface area contributed by atoms with Crippen molar-refractivity contribution in [2.45, 2.75) is 19.4 Å². The molecule has 0 saturated carbocycles. The SMILES string of the molecule is C[C@@H](C(=O)NCc1cccc(OCC(N)=O)c1)c1cccs1. The van der Waals surface area contributed by atoms with E-state index in [1.54, 1.807) is 29.5 Å². The normalized spacial score (nSPS) is 11.7. The van der Waals surface area contributed by atoms with Crippen LogP contribution in [0.1, 0.15) is 23.3 Å². The van der Waals surface area contributed by atoms with Crippen molar-refractivity contribution in [3.05, 3.63) is 52.2 Å². The minimum Gasteiger partial charge on any atom is -0.484 e. The molecule has 0 aliphatic heterocycles. The predicted octanol–water partition coefficient (Wildman–Crippen LogP) is 2.03. The lowest BCUT2D eigenvalue weighted by atomic mass is 10.1. The first-order chi connectivity index (χ1) is 10.6. The van der Waals surface area contributed by atoms with Gasteiger partial charge in [-0.15, -0.1) is 11.3 Å². The number of hydrogen-bond acceptors (Lipinski definition) is 4. The minimum atomic E-state index is -0.525. The molecule has 1 aromatic heterocycles. The van der Waals surface area contributed by atoms with Crippen molar-refractivity contribution in [2.75, 3.05) is 6.61 Å². The summed E-state index contributed by atoms with van der Waals surface area (Å²) in [5, 5.41) is 4.86. The summed E-state index contributed by atoms with van der Waals surface area (Å²) in [5.74, 6) is -0.166. The van der Waals surface area contributed by atoms with Gasteiger partial charge in [-0.2, -0.15) is 0 Å². The number of nitrogens with one attached hydrogen (secondary N) is 1. The predicted molar refractivity (Wildman–Crippen MR) is 85.7 cm³/mol. The first kappa shape index (κ1) is 16.0. The fourth-order valence-electron chi connectivity index (χ4n) is 1.91. The lowest BCUT2D eigenvalue weighted by molar-refractivity contribution is -0.122. The number of hydrogen-bond donors (Lipinski definition) is 2. The van der Waals surface area contributed by atoms with Gasteiger partial charge in [-0.1, -0.05) is 18.2 Å². The molecule has 116 valence electrons. The van der Waals surface area contributed by atoms with Crippen molar-refractivity contribution in [3.63, 3.8) is 0 Å². The number of amides is 2. The number of benzene rings is 1. The fourth-order valence-corrected chi connectivity index (χ4v) is 2.69. The lowest BCUT2D eigenvalue weighted by Gasteiger charge is -2.11. The second-order valence-electron chi connectivity index (χ2n) is 4.86. The third kappa shape index (κ3) is 4.60. The molecule has 2 aromatic rings. The van der Waals surface area contributed by atoms with E-state index in [4.69, 9.17) is 10.5 Å². The Bertz CT molecular complexity index is 641. The minimum absolute atomic E-state index is 0.0223. The van der Waals surface area contributed by atoms with E-state index in [9.17, 15) is 9.59 Å². The van der Waals surface area contributed by atoms with Crippen LogP contribution < -0.4 is 15.8 Å². The van der Waals surface area contributed by atoms with Crippen molar-refractivity contribution in [1.82, 2.24) is 5.32 Å². The summed E-state index contributed by atoms with van der Waals surface area (Å²) in [5.41, 5.74) is 5.93. The molecule has 2 amide bonds. The highest BCUT2D eigenvalue weighted by Crippen LogP contribution is 2.21. The van der Waals surface area contributed by atoms with E-state index in [0.717, 1.165) is 10.4 Å². The van der Waals surface area contributed by atoms with Crippen LogP contribution in [0.5, 0.6) is 5.75 Å². The van der Waals surface area contributed by atoms with E-state index < -0.39 is 5.91 Å². The van der Waals surface area contributed by atoms with E-state index >= 15 is 0 Å². The first-order valence-corrected chi connectivity index (χ1v) is 7.75. The van der Waals surface area contributed by atoms with Gasteiger partial charge in [0.25, 0.3) is 5.91 Å². The van der Waals surface area contributed by atoms with E-state index in [-0.39, 0.29) is 18.4 Å². The lowest BCUT2D eigenvalue weighted by Crippen LogP contribution is -2.27. The maximum absolute atomic E-state index is 12.1. The molecule has 0 bridgehead atoms. The van der Waals surface area contributed by atoms with Gasteiger partial charge in [0.05, 0.1) is 5.92 Å². The number of nitrogens with two attached hydrogens (primary N) is 1. The fraction of sp³-hybridized carbons (Fsp3) is 0.250. The number of thiophene rings is 1. The molecule has 0 fully saturated rings. The zero-order valence-electron chi connectivity index (χ0n) is 12.2. The third-order valence-corrected chi connectivity index (χ3v) is 4.16. The van der Waals surface area contributed by atoms with Gasteiger partial charge in [0.15, 0.2) is 6.61 Å². The highest BCUT2D eigenvalue weighted by Gasteiger charge is 2.15. The average Bonchev–Trinajstić information content (AvgIpc) is 3.04. The van der Waals surface area contributed by atoms with E-state index in [2.05, 4.69) is 5.32 Å². The molecule has 2 rings (SSSR count). The van der Waals surface area contributed by atoms with Gasteiger partial charge in [0.2, 0.25) is 5.91 Å². The van der Waals surface area contributed by atoms with Crippen molar-refractivity contribution < 1.29 is 14.3 Å². The van der Waals surface area contributed by atoms with Gasteiger partial charge in [-0.25, -0.2) is 0 Å². The quantitative estimate of drug-likeness (QED) is 0.819. The number of carbonyl (C=O) groups is 2. The summed E-state index contributed by atoms with van der Waals surface area (Å²) < 4.78 is 5.24. The largest absolute Gasteiger partial charge is 0.484 e. The molecule has 0 saturated heterocycles. The Kier molecular flexibility index (Phi) is 5.55. The molecule has 0 aliphatic carbocycles. The maximum atomic E-state index is 12.1. The zero-order valence-corrected chi connectivity index (χ0v) is 13.1. The van der Waals surface area contributed by atoms with Gasteiger partial charge in [-0.3, -0.25) is 9.59 Å². The Morgan fingerprint density at radius 3 is 2.82 bits per heavy atom. The van der Waals surface area contributed by atoms with Crippen LogP contribution in [0.15, 0.2) is 41.8 Å². The smallest absolute Gasteiger partial charge is 0.255 e. The maximum Gasteiger partial charge on any atom is 0.255 e. The highest BCUT2D eigenvalue weighted by atomic mass is 32.1. The Morgan fingerprint density at radius 1 is 1.32 bits per heavy atom. The molecule has 0 spiro atoms. The summed E-state index contributed by atoms with van der Waals surface area (Å²) in [6, 6.07) is 11.1. The summed E-state index contributed by atoms with van der Waals surface area (Å²) in [6.07, 6.45) is 0. The highest BCUT2D eigenvalue weighted by molar-refractivity contribution is 7.10. The van der Waals surface area contributed by atoms with E-state index in [1.807, 2.05) is 30.5 Å². The van der Waals surface area contributed by atoms with Gasteiger partial charge in [0, 0.05) is 11.4 Å². The van der Waals surface area contributed by atoms with E-state index in [0.29, 0.717) is 12.3 Å². The monoisotopic (exact) mass is 318 g/mol. The van der Waals surface area contributed by atoms with Crippen LogP contribution in [-0.4, -0.2) is 18.4 Å². The Balaban J connectivity index is 1.89. The average molecular weight is 318 g/mol. The standard InChI is InChI=1S/C16H18N2O3S/c1-11(14-6-3-7-22-14)16(20)18-9-12-4-2-5-13(8-12)21-10-15(17)19/h2-8,11H,9-10H2,1H3,(H2,17,19)(H,18,20)/t11-/m1/s1. The first-order valence-electron chi connectivity index (χ1n) is 6.87. The van der Waals surface area contributed by atoms with Crippen LogP contribution in [0, 0.1) is 0 Å². The summed E-state index contributed by atoms with van der Waals surface area (Å²) in [7, 11) is 0. The number of carbonyl (C=O) groups excluding carboxylic acids is 2. The topological polar surface area (TPSA) is 81.4 Å². The molecule has 0 radical (unpaired) electrons. The van der Waals surface area contributed by atoms with Gasteiger partial charge in [-0.05, 0) is 36.1 Å². The molecular weight excluding hydrogens is 300 g/mol. The zero-order chi connectivity index (χ0) is 15.9.